The molecule has 0 N–H and O–H groups in total. The third-order valence-electron chi connectivity index (χ3n) is 5.96. The lowest BCUT2D eigenvalue weighted by Gasteiger charge is -2.24. The van der Waals surface area contributed by atoms with Crippen molar-refractivity contribution in [2.75, 3.05) is 4.31 Å². The van der Waals surface area contributed by atoms with Crippen LogP contribution >= 0.6 is 0 Å². The topological polar surface area (TPSA) is 63.7 Å². The fourth-order valence-corrected chi connectivity index (χ4v) is 5.87. The summed E-state index contributed by atoms with van der Waals surface area (Å²) < 4.78 is 33.8. The molecule has 33 heavy (non-hydrogen) atoms. The predicted octanol–water partition coefficient (Wildman–Crippen LogP) is 5.48. The van der Waals surface area contributed by atoms with Crippen molar-refractivity contribution < 1.29 is 17.9 Å². The second-order valence-corrected chi connectivity index (χ2v) is 11.3. The number of carbonyl (C=O) groups is 1. The number of rotatable bonds is 5. The lowest BCUT2D eigenvalue weighted by Crippen LogP contribution is -2.35. The van der Waals surface area contributed by atoms with E-state index in [0.717, 1.165) is 11.1 Å². The molecule has 1 atom stereocenters. The van der Waals surface area contributed by atoms with Gasteiger partial charge < -0.3 is 4.74 Å². The van der Waals surface area contributed by atoms with E-state index in [1.165, 1.54) is 22.0 Å². The summed E-state index contributed by atoms with van der Waals surface area (Å²) in [6, 6.07) is 21.3. The van der Waals surface area contributed by atoms with Gasteiger partial charge in [-0.1, -0.05) is 69.3 Å². The lowest BCUT2D eigenvalue weighted by molar-refractivity contribution is 0.0472. The molecule has 0 bridgehead atoms. The van der Waals surface area contributed by atoms with Gasteiger partial charge in [0.1, 0.15) is 6.61 Å². The molecule has 1 aliphatic heterocycles. The number of nitrogens with zero attached hydrogens (tertiary/aromatic N) is 1. The average Bonchev–Trinajstić information content (AvgIpc) is 3.13. The number of esters is 1. The molecular formula is C27H29NO4S. The Labute approximate surface area is 196 Å². The van der Waals surface area contributed by atoms with Gasteiger partial charge in [-0.05, 0) is 59.7 Å². The van der Waals surface area contributed by atoms with Crippen LogP contribution in [0.4, 0.5) is 5.69 Å². The first-order chi connectivity index (χ1) is 15.6. The smallest absolute Gasteiger partial charge is 0.338 e. The van der Waals surface area contributed by atoms with E-state index in [4.69, 9.17) is 4.74 Å². The molecule has 0 fully saturated rings. The summed E-state index contributed by atoms with van der Waals surface area (Å²) in [5.74, 6) is -0.554. The van der Waals surface area contributed by atoms with Gasteiger partial charge in [0.25, 0.3) is 10.0 Å². The summed E-state index contributed by atoms with van der Waals surface area (Å²) in [7, 11) is -3.82. The minimum absolute atomic E-state index is 0.0501. The van der Waals surface area contributed by atoms with Crippen LogP contribution in [0.3, 0.4) is 0 Å². The summed E-state index contributed by atoms with van der Waals surface area (Å²) in [6.45, 7) is 8.44. The molecule has 5 nitrogen and oxygen atoms in total. The van der Waals surface area contributed by atoms with Gasteiger partial charge in [0.15, 0.2) is 0 Å². The van der Waals surface area contributed by atoms with Gasteiger partial charge >= 0.3 is 5.97 Å². The highest BCUT2D eigenvalue weighted by molar-refractivity contribution is 7.92. The van der Waals surface area contributed by atoms with Crippen LogP contribution in [0.25, 0.3) is 0 Å². The van der Waals surface area contributed by atoms with E-state index < -0.39 is 16.0 Å². The van der Waals surface area contributed by atoms with Gasteiger partial charge in [-0.15, -0.1) is 0 Å². The number of ether oxygens (including phenoxy) is 1. The molecule has 0 amide bonds. The van der Waals surface area contributed by atoms with E-state index in [1.54, 1.807) is 12.1 Å². The van der Waals surface area contributed by atoms with Gasteiger partial charge in [-0.3, -0.25) is 4.31 Å². The Morgan fingerprint density at radius 2 is 1.70 bits per heavy atom. The number of sulfonamides is 1. The standard InChI is InChI=1S/C27H29NO4S/c1-19-16-21-8-5-6-11-25(21)28(19)33(30,31)24-10-7-9-22(17-24)26(29)32-18-20-12-14-23(15-13-20)27(2,3)4/h5-15,17,19H,16,18H2,1-4H3. The van der Waals surface area contributed by atoms with Crippen LogP contribution in [0.15, 0.2) is 77.7 Å². The van der Waals surface area contributed by atoms with Crippen LogP contribution in [0.1, 0.15) is 54.7 Å². The average molecular weight is 464 g/mol. The van der Waals surface area contributed by atoms with Crippen molar-refractivity contribution in [1.29, 1.82) is 0 Å². The Morgan fingerprint density at radius 1 is 1.00 bits per heavy atom. The summed E-state index contributed by atoms with van der Waals surface area (Å²) in [5, 5.41) is 0. The van der Waals surface area contributed by atoms with Gasteiger partial charge in [0.2, 0.25) is 0 Å². The molecule has 0 aliphatic carbocycles. The highest BCUT2D eigenvalue weighted by atomic mass is 32.2. The van der Waals surface area contributed by atoms with E-state index in [1.807, 2.05) is 55.5 Å². The number of carbonyl (C=O) groups excluding carboxylic acids is 1. The van der Waals surface area contributed by atoms with Crippen molar-refractivity contribution in [3.05, 3.63) is 95.1 Å². The molecule has 0 radical (unpaired) electrons. The highest BCUT2D eigenvalue weighted by Crippen LogP contribution is 2.36. The number of hydrogen-bond acceptors (Lipinski definition) is 4. The molecule has 1 aliphatic rings. The quantitative estimate of drug-likeness (QED) is 0.470. The number of hydrogen-bond donors (Lipinski definition) is 0. The summed E-state index contributed by atoms with van der Waals surface area (Å²) in [4.78, 5) is 12.8. The maximum atomic E-state index is 13.4. The second kappa shape index (κ2) is 8.67. The Kier molecular flexibility index (Phi) is 6.06. The number of anilines is 1. The number of para-hydroxylation sites is 1. The molecule has 3 aromatic rings. The zero-order chi connectivity index (χ0) is 23.8. The normalized spacial score (nSPS) is 15.9. The van der Waals surface area contributed by atoms with Crippen LogP contribution in [-0.2, 0) is 33.2 Å². The van der Waals surface area contributed by atoms with Gasteiger partial charge in [-0.2, -0.15) is 0 Å². The zero-order valence-corrected chi connectivity index (χ0v) is 20.2. The van der Waals surface area contributed by atoms with Gasteiger partial charge in [-0.25, -0.2) is 13.2 Å². The zero-order valence-electron chi connectivity index (χ0n) is 19.4. The summed E-state index contributed by atoms with van der Waals surface area (Å²) in [5.41, 5.74) is 4.03. The van der Waals surface area contributed by atoms with E-state index in [-0.39, 0.29) is 28.5 Å². The molecule has 4 rings (SSSR count). The molecule has 172 valence electrons. The van der Waals surface area contributed by atoms with E-state index in [9.17, 15) is 13.2 Å². The van der Waals surface area contributed by atoms with Crippen LogP contribution in [-0.4, -0.2) is 20.4 Å². The Morgan fingerprint density at radius 3 is 2.39 bits per heavy atom. The first kappa shape index (κ1) is 23.1. The molecular weight excluding hydrogens is 434 g/mol. The molecule has 0 saturated carbocycles. The number of benzene rings is 3. The van der Waals surface area contributed by atoms with Crippen molar-refractivity contribution in [3.8, 4) is 0 Å². The van der Waals surface area contributed by atoms with Crippen molar-refractivity contribution >= 4 is 21.7 Å². The maximum absolute atomic E-state index is 13.4. The fourth-order valence-electron chi connectivity index (χ4n) is 4.13. The molecule has 1 heterocycles. The minimum Gasteiger partial charge on any atom is -0.457 e. The second-order valence-electron chi connectivity index (χ2n) is 9.53. The van der Waals surface area contributed by atoms with Crippen LogP contribution in [0.5, 0.6) is 0 Å². The van der Waals surface area contributed by atoms with Crippen LogP contribution in [0.2, 0.25) is 0 Å². The van der Waals surface area contributed by atoms with Crippen molar-refractivity contribution in [2.45, 2.75) is 57.1 Å². The van der Waals surface area contributed by atoms with Crippen LogP contribution < -0.4 is 4.31 Å². The summed E-state index contributed by atoms with van der Waals surface area (Å²) >= 11 is 0. The molecule has 0 spiro atoms. The fraction of sp³-hybridized carbons (Fsp3) is 0.296. The Hall–Kier alpha value is -3.12. The predicted molar refractivity (Wildman–Crippen MR) is 130 cm³/mol. The van der Waals surface area contributed by atoms with Crippen molar-refractivity contribution in [3.63, 3.8) is 0 Å². The molecule has 1 unspecified atom stereocenters. The third-order valence-corrected chi connectivity index (χ3v) is 7.89. The molecule has 3 aromatic carbocycles. The lowest BCUT2D eigenvalue weighted by atomic mass is 9.87. The van der Waals surface area contributed by atoms with E-state index in [0.29, 0.717) is 12.1 Å². The largest absolute Gasteiger partial charge is 0.457 e. The minimum atomic E-state index is -3.82. The van der Waals surface area contributed by atoms with Gasteiger partial charge in [0, 0.05) is 6.04 Å². The molecule has 0 saturated heterocycles. The van der Waals surface area contributed by atoms with Crippen molar-refractivity contribution in [2.24, 2.45) is 0 Å². The number of fused-ring (bicyclic) bond motifs is 1. The first-order valence-electron chi connectivity index (χ1n) is 11.1. The summed E-state index contributed by atoms with van der Waals surface area (Å²) in [6.07, 6.45) is 0.658. The Bertz CT molecular complexity index is 1270. The van der Waals surface area contributed by atoms with Crippen LogP contribution in [0, 0.1) is 0 Å². The monoisotopic (exact) mass is 463 g/mol. The van der Waals surface area contributed by atoms with Crippen molar-refractivity contribution in [1.82, 2.24) is 0 Å². The third kappa shape index (κ3) is 4.67. The SMILES string of the molecule is CC1Cc2ccccc2N1S(=O)(=O)c1cccc(C(=O)OCc2ccc(C(C)(C)C)cc2)c1. The van der Waals surface area contributed by atoms with E-state index in [2.05, 4.69) is 20.8 Å². The maximum Gasteiger partial charge on any atom is 0.338 e. The molecule has 0 aromatic heterocycles. The first-order valence-corrected chi connectivity index (χ1v) is 12.5. The highest BCUT2D eigenvalue weighted by Gasteiger charge is 2.36. The molecule has 6 heteroatoms. The van der Waals surface area contributed by atoms with Gasteiger partial charge in [0.05, 0.1) is 16.1 Å². The van der Waals surface area contributed by atoms with E-state index >= 15 is 0 Å². The Balaban J connectivity index is 1.51.